The fraction of sp³-hybridized carbons (Fsp3) is 1.00. The van der Waals surface area contributed by atoms with Crippen molar-refractivity contribution in [3.8, 4) is 0 Å². The van der Waals surface area contributed by atoms with Crippen molar-refractivity contribution < 1.29 is 8.78 Å². The molecule has 0 spiro atoms. The van der Waals surface area contributed by atoms with Crippen molar-refractivity contribution in [1.29, 1.82) is 0 Å². The second kappa shape index (κ2) is 3.92. The monoisotopic (exact) mass is 195 g/mol. The van der Waals surface area contributed by atoms with E-state index in [4.69, 9.17) is 5.73 Å². The molecule has 12 heavy (non-hydrogen) atoms. The van der Waals surface area contributed by atoms with E-state index in [-0.39, 0.29) is 12.3 Å². The molecule has 2 unspecified atom stereocenters. The van der Waals surface area contributed by atoms with Crippen LogP contribution in [-0.2, 0) is 0 Å². The normalized spacial score (nSPS) is 31.0. The van der Waals surface area contributed by atoms with Crippen molar-refractivity contribution in [2.45, 2.75) is 19.3 Å². The Hall–Kier alpha value is 0.170. The first-order valence-electron chi connectivity index (χ1n) is 4.18. The van der Waals surface area contributed by atoms with Crippen LogP contribution < -0.4 is 5.73 Å². The van der Waals surface area contributed by atoms with Gasteiger partial charge in [0.2, 0.25) is 5.92 Å². The Morgan fingerprint density at radius 1 is 1.42 bits per heavy atom. The molecule has 0 aliphatic carbocycles. The van der Waals surface area contributed by atoms with Crippen molar-refractivity contribution in [1.82, 2.24) is 0 Å². The minimum Gasteiger partial charge on any atom is -0.330 e. The highest BCUT2D eigenvalue weighted by Gasteiger charge is 2.34. The Morgan fingerprint density at radius 2 is 2.00 bits per heavy atom. The molecule has 0 aromatic carbocycles. The molecule has 72 valence electrons. The van der Waals surface area contributed by atoms with E-state index in [1.807, 2.05) is 0 Å². The molecule has 2 N–H and O–H groups in total. The second-order valence-electron chi connectivity index (χ2n) is 3.57. The maximum atomic E-state index is 12.6. The van der Waals surface area contributed by atoms with Crippen molar-refractivity contribution in [3.63, 3.8) is 0 Å². The van der Waals surface area contributed by atoms with Crippen LogP contribution in [0.4, 0.5) is 8.78 Å². The smallest absolute Gasteiger partial charge is 0.245 e. The number of nitrogens with two attached hydrogens (primary N) is 1. The molecule has 1 rings (SSSR count). The molecule has 1 nitrogen and oxygen atoms in total. The highest BCUT2D eigenvalue weighted by molar-refractivity contribution is 7.99. The number of alkyl halides is 2. The van der Waals surface area contributed by atoms with E-state index < -0.39 is 5.92 Å². The third kappa shape index (κ3) is 2.90. The van der Waals surface area contributed by atoms with Crippen LogP contribution in [0.25, 0.3) is 0 Å². The summed E-state index contributed by atoms with van der Waals surface area (Å²) in [5.74, 6) is -0.285. The Bertz CT molecular complexity index is 146. The topological polar surface area (TPSA) is 26.0 Å². The summed E-state index contributed by atoms with van der Waals surface area (Å²) >= 11 is 1.74. The fourth-order valence-corrected chi connectivity index (χ4v) is 3.13. The minimum atomic E-state index is -2.52. The molecule has 0 saturated carbocycles. The lowest BCUT2D eigenvalue weighted by molar-refractivity contribution is -0.00565. The maximum absolute atomic E-state index is 12.6. The van der Waals surface area contributed by atoms with Crippen LogP contribution in [0.1, 0.15) is 13.3 Å². The van der Waals surface area contributed by atoms with Gasteiger partial charge in [0, 0.05) is 6.42 Å². The van der Waals surface area contributed by atoms with Crippen molar-refractivity contribution >= 4 is 11.8 Å². The van der Waals surface area contributed by atoms with Gasteiger partial charge in [-0.3, -0.25) is 0 Å². The van der Waals surface area contributed by atoms with Gasteiger partial charge >= 0.3 is 0 Å². The van der Waals surface area contributed by atoms with Gasteiger partial charge in [-0.2, -0.15) is 11.8 Å². The van der Waals surface area contributed by atoms with Crippen molar-refractivity contribution in [2.24, 2.45) is 17.6 Å². The van der Waals surface area contributed by atoms with Crippen molar-refractivity contribution in [3.05, 3.63) is 0 Å². The molecule has 1 heterocycles. The Kier molecular flexibility index (Phi) is 3.35. The highest BCUT2D eigenvalue weighted by atomic mass is 32.2. The standard InChI is InChI=1S/C8H15F2NS/c1-8(9,10)2-6-4-12-5-7(6)3-11/h6-7H,2-5,11H2,1H3. The first-order valence-corrected chi connectivity index (χ1v) is 5.34. The largest absolute Gasteiger partial charge is 0.330 e. The van der Waals surface area contributed by atoms with Crippen LogP contribution >= 0.6 is 11.8 Å². The lowest BCUT2D eigenvalue weighted by Crippen LogP contribution is -2.26. The van der Waals surface area contributed by atoms with Crippen LogP contribution in [0, 0.1) is 11.8 Å². The SMILES string of the molecule is CC(F)(F)CC1CSCC1CN. The molecule has 0 aromatic rings. The predicted octanol–water partition coefficient (Wildman–Crippen LogP) is 1.97. The summed E-state index contributed by atoms with van der Waals surface area (Å²) < 4.78 is 25.3. The Morgan fingerprint density at radius 3 is 2.50 bits per heavy atom. The molecule has 2 atom stereocenters. The van der Waals surface area contributed by atoms with Gasteiger partial charge in [0.15, 0.2) is 0 Å². The highest BCUT2D eigenvalue weighted by Crippen LogP contribution is 2.36. The zero-order valence-corrected chi connectivity index (χ0v) is 8.04. The summed E-state index contributed by atoms with van der Waals surface area (Å²) in [6.07, 6.45) is 0.00185. The fourth-order valence-electron chi connectivity index (χ4n) is 1.59. The van der Waals surface area contributed by atoms with Gasteiger partial charge in [-0.05, 0) is 36.8 Å². The second-order valence-corrected chi connectivity index (χ2v) is 4.64. The third-order valence-corrected chi connectivity index (χ3v) is 3.58. The van der Waals surface area contributed by atoms with Gasteiger partial charge in [0.1, 0.15) is 0 Å². The van der Waals surface area contributed by atoms with Gasteiger partial charge in [-0.15, -0.1) is 0 Å². The van der Waals surface area contributed by atoms with Crippen LogP contribution in [-0.4, -0.2) is 24.0 Å². The van der Waals surface area contributed by atoms with Gasteiger partial charge in [-0.25, -0.2) is 8.78 Å². The molecule has 0 amide bonds. The lowest BCUT2D eigenvalue weighted by atomic mass is 9.91. The molecule has 1 aliphatic heterocycles. The Balaban J connectivity index is 2.41. The third-order valence-electron chi connectivity index (χ3n) is 2.25. The van der Waals surface area contributed by atoms with Crippen LogP contribution in [0.2, 0.25) is 0 Å². The molecular formula is C8H15F2NS. The summed E-state index contributed by atoms with van der Waals surface area (Å²) in [5, 5.41) is 0. The average Bonchev–Trinajstić information content (AvgIpc) is 2.31. The summed E-state index contributed by atoms with van der Waals surface area (Å²) in [6.45, 7) is 1.54. The van der Waals surface area contributed by atoms with Crippen molar-refractivity contribution in [2.75, 3.05) is 18.1 Å². The molecule has 1 fully saturated rings. The predicted molar refractivity (Wildman–Crippen MR) is 48.6 cm³/mol. The quantitative estimate of drug-likeness (QED) is 0.745. The van der Waals surface area contributed by atoms with E-state index in [1.54, 1.807) is 11.8 Å². The van der Waals surface area contributed by atoms with E-state index in [2.05, 4.69) is 0 Å². The number of halogens is 2. The first kappa shape index (κ1) is 10.3. The van der Waals surface area contributed by atoms with Crippen LogP contribution in [0.5, 0.6) is 0 Å². The number of hydrogen-bond acceptors (Lipinski definition) is 2. The molecule has 1 saturated heterocycles. The molecule has 0 bridgehead atoms. The van der Waals surface area contributed by atoms with E-state index in [1.165, 1.54) is 0 Å². The van der Waals surface area contributed by atoms with E-state index in [9.17, 15) is 8.78 Å². The first-order chi connectivity index (χ1) is 5.53. The summed E-state index contributed by atoms with van der Waals surface area (Å²) in [7, 11) is 0. The lowest BCUT2D eigenvalue weighted by Gasteiger charge is -2.20. The summed E-state index contributed by atoms with van der Waals surface area (Å²) in [6, 6.07) is 0. The zero-order chi connectivity index (χ0) is 9.19. The maximum Gasteiger partial charge on any atom is 0.245 e. The molecular weight excluding hydrogens is 180 g/mol. The number of rotatable bonds is 3. The summed E-state index contributed by atoms with van der Waals surface area (Å²) in [5.41, 5.74) is 5.48. The minimum absolute atomic E-state index is 0.00185. The van der Waals surface area contributed by atoms with Gasteiger partial charge in [0.25, 0.3) is 0 Å². The van der Waals surface area contributed by atoms with Gasteiger partial charge < -0.3 is 5.73 Å². The zero-order valence-electron chi connectivity index (χ0n) is 7.22. The molecule has 0 aromatic heterocycles. The van der Waals surface area contributed by atoms with Crippen LogP contribution in [0.3, 0.4) is 0 Å². The average molecular weight is 195 g/mol. The van der Waals surface area contributed by atoms with E-state index in [0.717, 1.165) is 18.4 Å². The van der Waals surface area contributed by atoms with Crippen LogP contribution in [0.15, 0.2) is 0 Å². The summed E-state index contributed by atoms with van der Waals surface area (Å²) in [4.78, 5) is 0. The molecule has 1 aliphatic rings. The van der Waals surface area contributed by atoms with E-state index >= 15 is 0 Å². The number of hydrogen-bond donors (Lipinski definition) is 1. The molecule has 4 heteroatoms. The van der Waals surface area contributed by atoms with E-state index in [0.29, 0.717) is 12.5 Å². The van der Waals surface area contributed by atoms with Gasteiger partial charge in [0.05, 0.1) is 0 Å². The molecule has 0 radical (unpaired) electrons. The Labute approximate surface area is 76.1 Å². The number of thioether (sulfide) groups is 1. The van der Waals surface area contributed by atoms with Gasteiger partial charge in [-0.1, -0.05) is 0 Å².